The summed E-state index contributed by atoms with van der Waals surface area (Å²) in [5, 5.41) is 0. The molecule has 0 aliphatic heterocycles. The summed E-state index contributed by atoms with van der Waals surface area (Å²) in [6, 6.07) is 16.0. The van der Waals surface area contributed by atoms with E-state index in [2.05, 4.69) is 65.0 Å². The number of allylic oxidation sites excluding steroid dienone is 4. The lowest BCUT2D eigenvalue weighted by atomic mass is 9.82. The van der Waals surface area contributed by atoms with Crippen molar-refractivity contribution < 1.29 is 4.79 Å². The Bertz CT molecular complexity index is 843. The van der Waals surface area contributed by atoms with Gasteiger partial charge in [-0.05, 0) is 36.5 Å². The van der Waals surface area contributed by atoms with Gasteiger partial charge in [-0.3, -0.25) is 4.79 Å². The van der Waals surface area contributed by atoms with E-state index in [-0.39, 0.29) is 17.1 Å². The van der Waals surface area contributed by atoms with Crippen LogP contribution in [-0.4, -0.2) is 5.78 Å². The molecule has 25 heavy (non-hydrogen) atoms. The molecule has 0 heterocycles. The number of hydrogen-bond donors (Lipinski definition) is 0. The minimum Gasteiger partial charge on any atom is -0.289 e. The summed E-state index contributed by atoms with van der Waals surface area (Å²) >= 11 is 0. The van der Waals surface area contributed by atoms with Crippen LogP contribution in [0.25, 0.3) is 0 Å². The van der Waals surface area contributed by atoms with Gasteiger partial charge in [-0.1, -0.05) is 86.5 Å². The molecule has 0 saturated carbocycles. The molecule has 0 atom stereocenters. The number of benzene rings is 2. The van der Waals surface area contributed by atoms with Crippen LogP contribution in [0.4, 0.5) is 0 Å². The highest BCUT2D eigenvalue weighted by Crippen LogP contribution is 2.35. The van der Waals surface area contributed by atoms with Crippen molar-refractivity contribution in [3.8, 4) is 0 Å². The summed E-state index contributed by atoms with van der Waals surface area (Å²) in [5.74, 6) is 0.280. The van der Waals surface area contributed by atoms with Crippen molar-refractivity contribution in [1.82, 2.24) is 0 Å². The number of carbonyl (C=O) groups excluding carboxylic acids is 1. The van der Waals surface area contributed by atoms with Crippen LogP contribution in [0.5, 0.6) is 0 Å². The molecule has 0 amide bonds. The zero-order valence-corrected chi connectivity index (χ0v) is 15.8. The molecule has 1 nitrogen and oxygen atoms in total. The van der Waals surface area contributed by atoms with Crippen molar-refractivity contribution in [2.75, 3.05) is 0 Å². The SMILES string of the molecule is CC1=CC(c2ccc(C(C)(C)C)cc2C(=O)c2ccccc2)C=C1C. The second kappa shape index (κ2) is 6.48. The first-order chi connectivity index (χ1) is 11.8. The highest BCUT2D eigenvalue weighted by molar-refractivity contribution is 6.10. The molecule has 3 rings (SSSR count). The van der Waals surface area contributed by atoms with E-state index in [4.69, 9.17) is 0 Å². The molecule has 0 radical (unpaired) electrons. The third-order valence-electron chi connectivity index (χ3n) is 5.04. The number of carbonyl (C=O) groups is 1. The Kier molecular flexibility index (Phi) is 4.51. The Balaban J connectivity index is 2.14. The molecule has 2 aromatic carbocycles. The zero-order valence-electron chi connectivity index (χ0n) is 15.8. The molecule has 2 aromatic rings. The van der Waals surface area contributed by atoms with Gasteiger partial charge < -0.3 is 0 Å². The van der Waals surface area contributed by atoms with Gasteiger partial charge in [0, 0.05) is 17.0 Å². The summed E-state index contributed by atoms with van der Waals surface area (Å²) in [6.45, 7) is 10.8. The highest BCUT2D eigenvalue weighted by atomic mass is 16.1. The molecule has 1 aliphatic carbocycles. The van der Waals surface area contributed by atoms with Crippen LogP contribution in [0, 0.1) is 0 Å². The van der Waals surface area contributed by atoms with Crippen molar-refractivity contribution in [2.24, 2.45) is 0 Å². The number of hydrogen-bond acceptors (Lipinski definition) is 1. The van der Waals surface area contributed by atoms with Gasteiger partial charge in [-0.15, -0.1) is 0 Å². The molecular formula is C24H26O. The van der Waals surface area contributed by atoms with Crippen molar-refractivity contribution >= 4 is 5.78 Å². The number of rotatable bonds is 3. The quantitative estimate of drug-likeness (QED) is 0.612. The van der Waals surface area contributed by atoms with Crippen molar-refractivity contribution in [2.45, 2.75) is 46.0 Å². The van der Waals surface area contributed by atoms with Crippen LogP contribution in [0.15, 0.2) is 71.8 Å². The average molecular weight is 330 g/mol. The third-order valence-corrected chi connectivity index (χ3v) is 5.04. The monoisotopic (exact) mass is 330 g/mol. The predicted octanol–water partition coefficient (Wildman–Crippen LogP) is 6.20. The van der Waals surface area contributed by atoms with Crippen molar-refractivity contribution in [3.05, 3.63) is 94.1 Å². The lowest BCUT2D eigenvalue weighted by molar-refractivity contribution is 0.103. The molecule has 0 N–H and O–H groups in total. The maximum atomic E-state index is 13.2. The molecule has 0 aromatic heterocycles. The first kappa shape index (κ1) is 17.4. The third kappa shape index (κ3) is 3.51. The fourth-order valence-electron chi connectivity index (χ4n) is 3.28. The Morgan fingerprint density at radius 1 is 0.880 bits per heavy atom. The van der Waals surface area contributed by atoms with E-state index in [1.165, 1.54) is 16.7 Å². The van der Waals surface area contributed by atoms with E-state index >= 15 is 0 Å². The molecule has 0 saturated heterocycles. The first-order valence-corrected chi connectivity index (χ1v) is 8.89. The van der Waals surface area contributed by atoms with E-state index in [0.29, 0.717) is 0 Å². The van der Waals surface area contributed by atoms with Gasteiger partial charge in [0.2, 0.25) is 0 Å². The molecule has 0 bridgehead atoms. The van der Waals surface area contributed by atoms with Gasteiger partial charge in [-0.25, -0.2) is 0 Å². The van der Waals surface area contributed by atoms with Crippen LogP contribution < -0.4 is 0 Å². The van der Waals surface area contributed by atoms with E-state index in [9.17, 15) is 4.79 Å². The van der Waals surface area contributed by atoms with Crippen LogP contribution in [0.3, 0.4) is 0 Å². The van der Waals surface area contributed by atoms with E-state index in [1.807, 2.05) is 30.3 Å². The van der Waals surface area contributed by atoms with Crippen LogP contribution in [0.2, 0.25) is 0 Å². The second-order valence-electron chi connectivity index (χ2n) is 7.97. The minimum atomic E-state index is 0.0113. The van der Waals surface area contributed by atoms with Crippen molar-refractivity contribution in [3.63, 3.8) is 0 Å². The molecule has 1 heteroatoms. The van der Waals surface area contributed by atoms with Gasteiger partial charge >= 0.3 is 0 Å². The molecule has 0 unspecified atom stereocenters. The van der Waals surface area contributed by atoms with E-state index in [1.54, 1.807) is 0 Å². The Morgan fingerprint density at radius 2 is 1.48 bits per heavy atom. The fraction of sp³-hybridized carbons (Fsp3) is 0.292. The van der Waals surface area contributed by atoms with Gasteiger partial charge in [0.25, 0.3) is 0 Å². The maximum absolute atomic E-state index is 13.2. The van der Waals surface area contributed by atoms with E-state index in [0.717, 1.165) is 16.7 Å². The topological polar surface area (TPSA) is 17.1 Å². The molecule has 0 fully saturated rings. The van der Waals surface area contributed by atoms with Crippen LogP contribution in [-0.2, 0) is 5.41 Å². The van der Waals surface area contributed by atoms with Gasteiger partial charge in [0.05, 0.1) is 0 Å². The molecule has 1 aliphatic rings. The molecule has 128 valence electrons. The Morgan fingerprint density at radius 3 is 2.04 bits per heavy atom. The summed E-state index contributed by atoms with van der Waals surface area (Å²) < 4.78 is 0. The van der Waals surface area contributed by atoms with Crippen molar-refractivity contribution in [1.29, 1.82) is 0 Å². The van der Waals surface area contributed by atoms with Gasteiger partial charge in [-0.2, -0.15) is 0 Å². The smallest absolute Gasteiger partial charge is 0.193 e. The summed E-state index contributed by atoms with van der Waals surface area (Å²) in [4.78, 5) is 13.2. The highest BCUT2D eigenvalue weighted by Gasteiger charge is 2.24. The Labute approximate surface area is 151 Å². The standard InChI is InChI=1S/C24H26O/c1-16-13-19(14-17(16)2)21-12-11-20(24(3,4)5)15-22(21)23(25)18-9-7-6-8-10-18/h6-15,19H,1-5H3. The normalized spacial score (nSPS) is 15.1. The largest absolute Gasteiger partial charge is 0.289 e. The minimum absolute atomic E-state index is 0.0113. The van der Waals surface area contributed by atoms with Gasteiger partial charge in [0.1, 0.15) is 0 Å². The molecular weight excluding hydrogens is 304 g/mol. The number of ketones is 1. The summed E-state index contributed by atoms with van der Waals surface area (Å²) in [7, 11) is 0. The van der Waals surface area contributed by atoms with E-state index < -0.39 is 0 Å². The fourth-order valence-corrected chi connectivity index (χ4v) is 3.28. The lowest BCUT2D eigenvalue weighted by Gasteiger charge is -2.22. The maximum Gasteiger partial charge on any atom is 0.193 e. The van der Waals surface area contributed by atoms with Crippen LogP contribution >= 0.6 is 0 Å². The lowest BCUT2D eigenvalue weighted by Crippen LogP contribution is -2.15. The Hall–Kier alpha value is -2.41. The first-order valence-electron chi connectivity index (χ1n) is 8.89. The molecule has 0 spiro atoms. The second-order valence-corrected chi connectivity index (χ2v) is 7.97. The zero-order chi connectivity index (χ0) is 18.2. The summed E-state index contributed by atoms with van der Waals surface area (Å²) in [6.07, 6.45) is 4.51. The van der Waals surface area contributed by atoms with Gasteiger partial charge in [0.15, 0.2) is 5.78 Å². The predicted molar refractivity (Wildman–Crippen MR) is 105 cm³/mol. The average Bonchev–Trinajstić information content (AvgIpc) is 2.92. The van der Waals surface area contributed by atoms with Crippen LogP contribution in [0.1, 0.15) is 67.6 Å². The summed E-state index contributed by atoms with van der Waals surface area (Å²) in [5.41, 5.74) is 6.45.